The molecule has 3 rings (SSSR count). The van der Waals surface area contributed by atoms with Crippen LogP contribution in [0.4, 0.5) is 0 Å². The van der Waals surface area contributed by atoms with Crippen molar-refractivity contribution in [2.75, 3.05) is 0 Å². The molecule has 3 nitrogen and oxygen atoms in total. The number of halogens is 1. The Labute approximate surface area is 115 Å². The number of aliphatic hydroxyl groups is 1. The summed E-state index contributed by atoms with van der Waals surface area (Å²) in [5.74, 6) is 1.10. The van der Waals surface area contributed by atoms with Gasteiger partial charge in [0.25, 0.3) is 0 Å². The molecule has 0 saturated carbocycles. The van der Waals surface area contributed by atoms with Gasteiger partial charge in [-0.3, -0.25) is 0 Å². The summed E-state index contributed by atoms with van der Waals surface area (Å²) in [4.78, 5) is 4.65. The number of aromatic nitrogens is 2. The number of aliphatic hydroxyl groups excluding tert-OH is 1. The van der Waals surface area contributed by atoms with E-state index >= 15 is 0 Å². The van der Waals surface area contributed by atoms with Crippen LogP contribution in [0, 0.1) is 0 Å². The Balaban J connectivity index is 1.84. The molecule has 0 fully saturated rings. The van der Waals surface area contributed by atoms with Gasteiger partial charge in [-0.25, -0.2) is 4.98 Å². The minimum absolute atomic E-state index is 0.219. The van der Waals surface area contributed by atoms with E-state index in [9.17, 15) is 5.11 Å². The van der Waals surface area contributed by atoms with E-state index in [1.165, 1.54) is 5.56 Å². The van der Waals surface area contributed by atoms with Crippen LogP contribution in [0.15, 0.2) is 34.9 Å². The van der Waals surface area contributed by atoms with Crippen LogP contribution < -0.4 is 0 Å². The van der Waals surface area contributed by atoms with Crippen molar-refractivity contribution < 1.29 is 5.11 Å². The topological polar surface area (TPSA) is 38.1 Å². The normalized spacial score (nSPS) is 18.7. The summed E-state index contributed by atoms with van der Waals surface area (Å²) < 4.78 is 3.20. The molecular formula is C14H15BrN2O. The molecule has 1 unspecified atom stereocenters. The van der Waals surface area contributed by atoms with E-state index < -0.39 is 0 Å². The Bertz CT molecular complexity index is 565. The van der Waals surface area contributed by atoms with Gasteiger partial charge in [0.2, 0.25) is 0 Å². The fourth-order valence-electron chi connectivity index (χ4n) is 2.41. The standard InChI is InChI=1S/C14H15BrN2O/c15-13-4-2-1-3-10(13)7-11-8-17-9-12(18)5-6-14(17)16-11/h1-4,8,12,18H,5-7,9H2. The van der Waals surface area contributed by atoms with Crippen LogP contribution in [-0.4, -0.2) is 20.8 Å². The van der Waals surface area contributed by atoms with Crippen LogP contribution in [0.1, 0.15) is 23.5 Å². The zero-order chi connectivity index (χ0) is 12.5. The molecule has 1 aliphatic heterocycles. The zero-order valence-corrected chi connectivity index (χ0v) is 11.6. The number of fused-ring (bicyclic) bond motifs is 1. The van der Waals surface area contributed by atoms with Gasteiger partial charge in [-0.05, 0) is 18.1 Å². The third kappa shape index (κ3) is 2.35. The Morgan fingerprint density at radius 1 is 1.39 bits per heavy atom. The molecule has 0 bridgehead atoms. The van der Waals surface area contributed by atoms with Crippen LogP contribution in [0.25, 0.3) is 0 Å². The van der Waals surface area contributed by atoms with Gasteiger partial charge < -0.3 is 9.67 Å². The number of rotatable bonds is 2. The quantitative estimate of drug-likeness (QED) is 0.926. The number of imidazole rings is 1. The van der Waals surface area contributed by atoms with E-state index in [1.54, 1.807) is 0 Å². The molecule has 1 aliphatic rings. The molecule has 2 heterocycles. The first-order valence-electron chi connectivity index (χ1n) is 6.19. The molecule has 1 aromatic carbocycles. The van der Waals surface area contributed by atoms with Crippen LogP contribution in [-0.2, 0) is 19.4 Å². The van der Waals surface area contributed by atoms with Crippen molar-refractivity contribution in [2.24, 2.45) is 0 Å². The van der Waals surface area contributed by atoms with Gasteiger partial charge in [-0.1, -0.05) is 34.1 Å². The maximum atomic E-state index is 9.64. The van der Waals surface area contributed by atoms with E-state index in [0.717, 1.165) is 35.3 Å². The number of hydrogen-bond donors (Lipinski definition) is 1. The monoisotopic (exact) mass is 306 g/mol. The van der Waals surface area contributed by atoms with Crippen molar-refractivity contribution in [3.05, 3.63) is 52.0 Å². The molecule has 0 saturated heterocycles. The highest BCUT2D eigenvalue weighted by Crippen LogP contribution is 2.21. The highest BCUT2D eigenvalue weighted by Gasteiger charge is 2.18. The Morgan fingerprint density at radius 2 is 2.22 bits per heavy atom. The molecule has 18 heavy (non-hydrogen) atoms. The Hall–Kier alpha value is -1.13. The van der Waals surface area contributed by atoms with Crippen LogP contribution >= 0.6 is 15.9 Å². The van der Waals surface area contributed by atoms with Crippen LogP contribution in [0.5, 0.6) is 0 Å². The van der Waals surface area contributed by atoms with Gasteiger partial charge in [0.15, 0.2) is 0 Å². The number of hydrogen-bond acceptors (Lipinski definition) is 2. The first-order chi connectivity index (χ1) is 8.72. The van der Waals surface area contributed by atoms with Crippen LogP contribution in [0.3, 0.4) is 0 Å². The van der Waals surface area contributed by atoms with E-state index in [0.29, 0.717) is 6.54 Å². The maximum Gasteiger partial charge on any atom is 0.109 e. The summed E-state index contributed by atoms with van der Waals surface area (Å²) in [6.07, 6.45) is 4.38. The third-order valence-electron chi connectivity index (χ3n) is 3.35. The smallest absolute Gasteiger partial charge is 0.109 e. The maximum absolute atomic E-state index is 9.64. The van der Waals surface area contributed by atoms with Crippen molar-refractivity contribution in [2.45, 2.75) is 31.9 Å². The molecular weight excluding hydrogens is 292 g/mol. The van der Waals surface area contributed by atoms with Crippen LogP contribution in [0.2, 0.25) is 0 Å². The second-order valence-electron chi connectivity index (χ2n) is 4.76. The lowest BCUT2D eigenvalue weighted by atomic mass is 10.1. The van der Waals surface area contributed by atoms with Gasteiger partial charge in [0.1, 0.15) is 5.82 Å². The molecule has 0 spiro atoms. The summed E-state index contributed by atoms with van der Waals surface area (Å²) >= 11 is 3.56. The average molecular weight is 307 g/mol. The summed E-state index contributed by atoms with van der Waals surface area (Å²) in [5, 5.41) is 9.64. The van der Waals surface area contributed by atoms with Gasteiger partial charge in [0, 0.05) is 30.1 Å². The highest BCUT2D eigenvalue weighted by atomic mass is 79.9. The lowest BCUT2D eigenvalue weighted by molar-refractivity contribution is 0.130. The van der Waals surface area contributed by atoms with Gasteiger partial charge in [-0.15, -0.1) is 0 Å². The fraction of sp³-hybridized carbons (Fsp3) is 0.357. The molecule has 1 aromatic heterocycles. The minimum Gasteiger partial charge on any atom is -0.391 e. The molecule has 1 atom stereocenters. The van der Waals surface area contributed by atoms with Crippen molar-refractivity contribution >= 4 is 15.9 Å². The molecule has 1 N–H and O–H groups in total. The van der Waals surface area contributed by atoms with E-state index in [-0.39, 0.29) is 6.10 Å². The number of benzene rings is 1. The molecule has 2 aromatic rings. The van der Waals surface area contributed by atoms with Crippen molar-refractivity contribution in [3.8, 4) is 0 Å². The lowest BCUT2D eigenvalue weighted by Crippen LogP contribution is -2.23. The molecule has 0 amide bonds. The van der Waals surface area contributed by atoms with E-state index in [2.05, 4.69) is 43.8 Å². The summed E-state index contributed by atoms with van der Waals surface area (Å²) in [6, 6.07) is 8.22. The first-order valence-corrected chi connectivity index (χ1v) is 6.98. The van der Waals surface area contributed by atoms with Crippen molar-refractivity contribution in [1.82, 2.24) is 9.55 Å². The van der Waals surface area contributed by atoms with Crippen molar-refractivity contribution in [3.63, 3.8) is 0 Å². The predicted molar refractivity (Wildman–Crippen MR) is 73.5 cm³/mol. The summed E-state index contributed by atoms with van der Waals surface area (Å²) in [6.45, 7) is 0.679. The first kappa shape index (κ1) is 11.9. The average Bonchev–Trinajstić information content (AvgIpc) is 2.73. The fourth-order valence-corrected chi connectivity index (χ4v) is 2.83. The Morgan fingerprint density at radius 3 is 3.06 bits per heavy atom. The van der Waals surface area contributed by atoms with Gasteiger partial charge >= 0.3 is 0 Å². The predicted octanol–water partition coefficient (Wildman–Crippen LogP) is 2.54. The second kappa shape index (κ2) is 4.86. The third-order valence-corrected chi connectivity index (χ3v) is 4.12. The van der Waals surface area contributed by atoms with Crippen molar-refractivity contribution in [1.29, 1.82) is 0 Å². The molecule has 0 radical (unpaired) electrons. The Kier molecular flexibility index (Phi) is 3.22. The van der Waals surface area contributed by atoms with E-state index in [4.69, 9.17) is 0 Å². The van der Waals surface area contributed by atoms with Gasteiger partial charge in [-0.2, -0.15) is 0 Å². The lowest BCUT2D eigenvalue weighted by Gasteiger charge is -2.18. The van der Waals surface area contributed by atoms with Gasteiger partial charge in [0.05, 0.1) is 11.8 Å². The number of aryl methyl sites for hydroxylation is 1. The SMILES string of the molecule is OC1CCc2nc(Cc3ccccc3Br)cn2C1. The second-order valence-corrected chi connectivity index (χ2v) is 5.62. The highest BCUT2D eigenvalue weighted by molar-refractivity contribution is 9.10. The zero-order valence-electron chi connectivity index (χ0n) is 10.0. The van der Waals surface area contributed by atoms with E-state index in [1.807, 2.05) is 12.1 Å². The molecule has 4 heteroatoms. The largest absolute Gasteiger partial charge is 0.391 e. The molecule has 0 aliphatic carbocycles. The number of nitrogens with zero attached hydrogens (tertiary/aromatic N) is 2. The molecule has 94 valence electrons. The summed E-state index contributed by atoms with van der Waals surface area (Å²) in [7, 11) is 0. The minimum atomic E-state index is -0.219. The summed E-state index contributed by atoms with van der Waals surface area (Å²) in [5.41, 5.74) is 2.32.